The Kier molecular flexibility index (Phi) is 4.51. The first kappa shape index (κ1) is 13.7. The zero-order valence-corrected chi connectivity index (χ0v) is 11.6. The normalized spacial score (nSPS) is 13.9. The highest BCUT2D eigenvalue weighted by atomic mass is 79.9. The van der Waals surface area contributed by atoms with E-state index in [9.17, 15) is 4.39 Å². The monoisotopic (exact) mass is 287 g/mol. The molecule has 1 unspecified atom stereocenters. The molecule has 0 aliphatic rings. The Labute approximate surface area is 105 Å². The Morgan fingerprint density at radius 1 is 1.31 bits per heavy atom. The average Bonchev–Trinajstić information content (AvgIpc) is 2.11. The highest BCUT2D eigenvalue weighted by molar-refractivity contribution is 9.10. The van der Waals surface area contributed by atoms with Gasteiger partial charge in [-0.05, 0) is 42.0 Å². The molecule has 0 radical (unpaired) electrons. The van der Waals surface area contributed by atoms with Gasteiger partial charge in [0.05, 0.1) is 0 Å². The summed E-state index contributed by atoms with van der Waals surface area (Å²) in [5, 5.41) is 0. The molecule has 0 fully saturated rings. The largest absolute Gasteiger partial charge is 0.327 e. The van der Waals surface area contributed by atoms with Gasteiger partial charge in [0.15, 0.2) is 0 Å². The minimum atomic E-state index is -0.200. The third kappa shape index (κ3) is 4.22. The van der Waals surface area contributed by atoms with Crippen LogP contribution < -0.4 is 5.73 Å². The first-order valence-electron chi connectivity index (χ1n) is 5.49. The number of hydrogen-bond acceptors (Lipinski definition) is 1. The van der Waals surface area contributed by atoms with Crippen molar-refractivity contribution in [1.82, 2.24) is 0 Å². The predicted octanol–water partition coefficient (Wildman–Crippen LogP) is 3.89. The number of aryl methyl sites for hydroxylation is 1. The first-order valence-corrected chi connectivity index (χ1v) is 6.29. The van der Waals surface area contributed by atoms with Crippen LogP contribution in [0.4, 0.5) is 4.39 Å². The number of hydrogen-bond donors (Lipinski definition) is 1. The number of halogens is 2. The van der Waals surface area contributed by atoms with Gasteiger partial charge in [0.25, 0.3) is 0 Å². The minimum absolute atomic E-state index is 0.102. The minimum Gasteiger partial charge on any atom is -0.327 e. The van der Waals surface area contributed by atoms with Crippen molar-refractivity contribution in [3.63, 3.8) is 0 Å². The average molecular weight is 288 g/mol. The Bertz CT molecular complexity index is 337. The van der Waals surface area contributed by atoms with Crippen molar-refractivity contribution in [2.24, 2.45) is 11.1 Å². The van der Waals surface area contributed by atoms with Gasteiger partial charge in [-0.3, -0.25) is 0 Å². The van der Waals surface area contributed by atoms with Crippen LogP contribution in [0.2, 0.25) is 0 Å². The second-order valence-corrected chi connectivity index (χ2v) is 6.20. The Morgan fingerprint density at radius 3 is 2.44 bits per heavy atom. The van der Waals surface area contributed by atoms with E-state index in [2.05, 4.69) is 36.7 Å². The molecule has 1 aromatic carbocycles. The fraction of sp³-hybridized carbons (Fsp3) is 0.538. The fourth-order valence-electron chi connectivity index (χ4n) is 1.51. The van der Waals surface area contributed by atoms with E-state index >= 15 is 0 Å². The molecule has 0 saturated carbocycles. The maximum atomic E-state index is 13.1. The molecule has 0 amide bonds. The van der Waals surface area contributed by atoms with Gasteiger partial charge in [-0.1, -0.05) is 36.7 Å². The van der Waals surface area contributed by atoms with Gasteiger partial charge in [-0.2, -0.15) is 0 Å². The Morgan fingerprint density at radius 2 is 1.94 bits per heavy atom. The summed E-state index contributed by atoms with van der Waals surface area (Å²) in [6.45, 7) is 6.37. The second-order valence-electron chi connectivity index (χ2n) is 5.29. The highest BCUT2D eigenvalue weighted by Crippen LogP contribution is 2.22. The van der Waals surface area contributed by atoms with Gasteiger partial charge >= 0.3 is 0 Å². The molecule has 1 nitrogen and oxygen atoms in total. The molecule has 0 aromatic heterocycles. The topological polar surface area (TPSA) is 26.0 Å². The van der Waals surface area contributed by atoms with Gasteiger partial charge in [0.2, 0.25) is 0 Å². The van der Waals surface area contributed by atoms with E-state index in [0.29, 0.717) is 0 Å². The van der Waals surface area contributed by atoms with Gasteiger partial charge in [0.1, 0.15) is 5.82 Å². The third-order valence-corrected chi connectivity index (χ3v) is 3.24. The van der Waals surface area contributed by atoms with E-state index in [4.69, 9.17) is 5.73 Å². The van der Waals surface area contributed by atoms with Crippen LogP contribution in [0.3, 0.4) is 0 Å². The molecule has 0 aliphatic carbocycles. The van der Waals surface area contributed by atoms with Crippen LogP contribution in [0, 0.1) is 11.2 Å². The summed E-state index contributed by atoms with van der Waals surface area (Å²) in [6.07, 6.45) is 1.69. The fourth-order valence-corrected chi connectivity index (χ4v) is 2.02. The van der Waals surface area contributed by atoms with Crippen molar-refractivity contribution in [1.29, 1.82) is 0 Å². The van der Waals surface area contributed by atoms with Crippen molar-refractivity contribution >= 4 is 15.9 Å². The summed E-state index contributed by atoms with van der Waals surface area (Å²) < 4.78 is 13.9. The lowest BCUT2D eigenvalue weighted by atomic mass is 9.84. The van der Waals surface area contributed by atoms with E-state index in [-0.39, 0.29) is 17.3 Å². The maximum absolute atomic E-state index is 13.1. The molecule has 1 aromatic rings. The maximum Gasteiger partial charge on any atom is 0.124 e. The summed E-state index contributed by atoms with van der Waals surface area (Å²) in [5.41, 5.74) is 7.16. The SMILES string of the molecule is CC(C)(C)C(N)CCc1cc(F)cc(Br)c1. The van der Waals surface area contributed by atoms with Crippen LogP contribution in [0.25, 0.3) is 0 Å². The summed E-state index contributed by atoms with van der Waals surface area (Å²) in [4.78, 5) is 0. The predicted molar refractivity (Wildman–Crippen MR) is 69.9 cm³/mol. The molecule has 1 rings (SSSR count). The van der Waals surface area contributed by atoms with Crippen LogP contribution in [-0.2, 0) is 6.42 Å². The summed E-state index contributed by atoms with van der Waals surface area (Å²) >= 11 is 3.29. The quantitative estimate of drug-likeness (QED) is 0.897. The molecule has 0 saturated heterocycles. The summed E-state index contributed by atoms with van der Waals surface area (Å²) in [7, 11) is 0. The summed E-state index contributed by atoms with van der Waals surface area (Å²) in [6, 6.07) is 5.11. The van der Waals surface area contributed by atoms with Gasteiger partial charge in [-0.25, -0.2) is 4.39 Å². The van der Waals surface area contributed by atoms with Gasteiger partial charge in [0, 0.05) is 10.5 Å². The number of rotatable bonds is 3. The molecule has 0 bridgehead atoms. The lowest BCUT2D eigenvalue weighted by Crippen LogP contribution is -2.35. The first-order chi connectivity index (χ1) is 7.29. The van der Waals surface area contributed by atoms with Crippen molar-refractivity contribution in [2.75, 3.05) is 0 Å². The molecule has 0 heterocycles. The van der Waals surface area contributed by atoms with E-state index < -0.39 is 0 Å². The lowest BCUT2D eigenvalue weighted by Gasteiger charge is -2.27. The zero-order chi connectivity index (χ0) is 12.3. The van der Waals surface area contributed by atoms with Crippen molar-refractivity contribution in [3.05, 3.63) is 34.1 Å². The molecule has 3 heteroatoms. The van der Waals surface area contributed by atoms with Crippen molar-refractivity contribution in [3.8, 4) is 0 Å². The van der Waals surface area contributed by atoms with Crippen LogP contribution in [-0.4, -0.2) is 6.04 Å². The Hall–Kier alpha value is -0.410. The number of nitrogens with two attached hydrogens (primary N) is 1. The lowest BCUT2D eigenvalue weighted by molar-refractivity contribution is 0.306. The van der Waals surface area contributed by atoms with E-state index in [1.165, 1.54) is 6.07 Å². The van der Waals surface area contributed by atoms with Crippen molar-refractivity contribution < 1.29 is 4.39 Å². The third-order valence-electron chi connectivity index (χ3n) is 2.78. The molecular weight excluding hydrogens is 269 g/mol. The second kappa shape index (κ2) is 5.28. The smallest absolute Gasteiger partial charge is 0.124 e. The van der Waals surface area contributed by atoms with E-state index in [1.807, 2.05) is 6.07 Å². The molecule has 0 aliphatic heterocycles. The molecular formula is C13H19BrFN. The van der Waals surface area contributed by atoms with Gasteiger partial charge in [-0.15, -0.1) is 0 Å². The van der Waals surface area contributed by atoms with Crippen LogP contribution in [0.5, 0.6) is 0 Å². The van der Waals surface area contributed by atoms with Crippen LogP contribution in [0.1, 0.15) is 32.8 Å². The molecule has 90 valence electrons. The standard InChI is InChI=1S/C13H19BrFN/c1-13(2,3)12(16)5-4-9-6-10(14)8-11(15)7-9/h6-8,12H,4-5,16H2,1-3H3. The molecule has 1 atom stereocenters. The highest BCUT2D eigenvalue weighted by Gasteiger charge is 2.20. The summed E-state index contributed by atoms with van der Waals surface area (Å²) in [5.74, 6) is -0.200. The number of benzene rings is 1. The van der Waals surface area contributed by atoms with E-state index in [0.717, 1.165) is 22.9 Å². The molecule has 2 N–H and O–H groups in total. The van der Waals surface area contributed by atoms with Crippen molar-refractivity contribution in [2.45, 2.75) is 39.7 Å². The van der Waals surface area contributed by atoms with Crippen LogP contribution in [0.15, 0.2) is 22.7 Å². The Balaban J connectivity index is 2.61. The van der Waals surface area contributed by atoms with E-state index in [1.54, 1.807) is 6.07 Å². The molecule has 0 spiro atoms. The van der Waals surface area contributed by atoms with Crippen LogP contribution >= 0.6 is 15.9 Å². The molecule has 16 heavy (non-hydrogen) atoms. The van der Waals surface area contributed by atoms with Gasteiger partial charge < -0.3 is 5.73 Å². The zero-order valence-electron chi connectivity index (χ0n) is 10.1.